The standard InChI is InChI=1S/C13H22N2OS/c1-10(8-11-6-5-7-17-11)14-9-12(16)15-13(2,3)4/h5-7,10,14H,8-9H2,1-4H3,(H,15,16). The van der Waals surface area contributed by atoms with Crippen LogP contribution in [-0.2, 0) is 11.2 Å². The smallest absolute Gasteiger partial charge is 0.234 e. The number of hydrogen-bond acceptors (Lipinski definition) is 3. The van der Waals surface area contributed by atoms with Crippen molar-refractivity contribution < 1.29 is 4.79 Å². The van der Waals surface area contributed by atoms with Crippen molar-refractivity contribution in [1.82, 2.24) is 10.6 Å². The van der Waals surface area contributed by atoms with E-state index in [1.807, 2.05) is 20.8 Å². The van der Waals surface area contributed by atoms with Crippen molar-refractivity contribution in [2.75, 3.05) is 6.54 Å². The lowest BCUT2D eigenvalue weighted by atomic mass is 10.1. The van der Waals surface area contributed by atoms with E-state index in [2.05, 4.69) is 35.1 Å². The molecule has 0 aliphatic heterocycles. The van der Waals surface area contributed by atoms with Gasteiger partial charge in [-0.2, -0.15) is 0 Å². The minimum atomic E-state index is -0.157. The van der Waals surface area contributed by atoms with Crippen LogP contribution in [0.2, 0.25) is 0 Å². The van der Waals surface area contributed by atoms with Crippen LogP contribution in [0.15, 0.2) is 17.5 Å². The van der Waals surface area contributed by atoms with Gasteiger partial charge in [-0.1, -0.05) is 6.07 Å². The highest BCUT2D eigenvalue weighted by Crippen LogP contribution is 2.10. The second kappa shape index (κ2) is 6.17. The zero-order valence-electron chi connectivity index (χ0n) is 11.0. The van der Waals surface area contributed by atoms with Crippen LogP contribution >= 0.6 is 11.3 Å². The predicted octanol–water partition coefficient (Wildman–Crippen LogP) is 2.18. The number of carbonyl (C=O) groups is 1. The summed E-state index contributed by atoms with van der Waals surface area (Å²) in [6.07, 6.45) is 0.973. The Kier molecular flexibility index (Phi) is 5.15. The average molecular weight is 254 g/mol. The van der Waals surface area contributed by atoms with Crippen molar-refractivity contribution in [2.45, 2.75) is 45.7 Å². The van der Waals surface area contributed by atoms with E-state index in [1.54, 1.807) is 11.3 Å². The summed E-state index contributed by atoms with van der Waals surface area (Å²) >= 11 is 1.75. The number of amides is 1. The topological polar surface area (TPSA) is 41.1 Å². The molecule has 2 N–H and O–H groups in total. The molecule has 0 saturated carbocycles. The Bertz CT molecular complexity index is 341. The van der Waals surface area contributed by atoms with E-state index >= 15 is 0 Å². The summed E-state index contributed by atoms with van der Waals surface area (Å²) in [6.45, 7) is 8.44. The molecule has 1 rings (SSSR count). The number of nitrogens with one attached hydrogen (secondary N) is 2. The zero-order valence-corrected chi connectivity index (χ0v) is 11.9. The first-order valence-electron chi connectivity index (χ1n) is 5.93. The molecule has 0 aliphatic carbocycles. The van der Waals surface area contributed by atoms with Gasteiger partial charge in [-0.25, -0.2) is 0 Å². The van der Waals surface area contributed by atoms with Gasteiger partial charge in [0.1, 0.15) is 0 Å². The van der Waals surface area contributed by atoms with Gasteiger partial charge in [0.05, 0.1) is 6.54 Å². The minimum Gasteiger partial charge on any atom is -0.350 e. The average Bonchev–Trinajstić information content (AvgIpc) is 2.64. The maximum atomic E-state index is 11.6. The molecular weight excluding hydrogens is 232 g/mol. The lowest BCUT2D eigenvalue weighted by Gasteiger charge is -2.21. The van der Waals surface area contributed by atoms with Gasteiger partial charge >= 0.3 is 0 Å². The van der Waals surface area contributed by atoms with Crippen LogP contribution in [0, 0.1) is 0 Å². The number of rotatable bonds is 5. The fourth-order valence-corrected chi connectivity index (χ4v) is 2.37. The lowest BCUT2D eigenvalue weighted by Crippen LogP contribution is -2.46. The van der Waals surface area contributed by atoms with Crippen LogP contribution < -0.4 is 10.6 Å². The third-order valence-corrected chi connectivity index (χ3v) is 3.11. The molecule has 1 amide bonds. The zero-order chi connectivity index (χ0) is 12.9. The van der Waals surface area contributed by atoms with E-state index in [0.717, 1.165) is 6.42 Å². The summed E-state index contributed by atoms with van der Waals surface area (Å²) in [6, 6.07) is 4.50. The summed E-state index contributed by atoms with van der Waals surface area (Å²) in [4.78, 5) is 12.9. The molecule has 0 aromatic carbocycles. The van der Waals surface area contributed by atoms with Gasteiger partial charge in [-0.05, 0) is 45.6 Å². The van der Waals surface area contributed by atoms with Crippen molar-refractivity contribution in [3.05, 3.63) is 22.4 Å². The molecule has 0 aliphatic rings. The Morgan fingerprint density at radius 1 is 1.47 bits per heavy atom. The molecule has 0 saturated heterocycles. The van der Waals surface area contributed by atoms with Gasteiger partial charge in [0.25, 0.3) is 0 Å². The summed E-state index contributed by atoms with van der Waals surface area (Å²) in [5, 5.41) is 8.25. The van der Waals surface area contributed by atoms with Crippen molar-refractivity contribution >= 4 is 17.2 Å². The quantitative estimate of drug-likeness (QED) is 0.845. The monoisotopic (exact) mass is 254 g/mol. The Balaban J connectivity index is 2.24. The normalized spacial score (nSPS) is 13.4. The second-order valence-corrected chi connectivity index (χ2v) is 6.40. The Morgan fingerprint density at radius 2 is 2.18 bits per heavy atom. The molecule has 0 fully saturated rings. The van der Waals surface area contributed by atoms with Gasteiger partial charge in [-0.15, -0.1) is 11.3 Å². The highest BCUT2D eigenvalue weighted by molar-refractivity contribution is 7.09. The first-order valence-corrected chi connectivity index (χ1v) is 6.81. The van der Waals surface area contributed by atoms with Crippen LogP contribution in [0.3, 0.4) is 0 Å². The van der Waals surface area contributed by atoms with Crippen LogP contribution in [0.4, 0.5) is 0 Å². The Morgan fingerprint density at radius 3 is 2.71 bits per heavy atom. The molecule has 0 bridgehead atoms. The second-order valence-electron chi connectivity index (χ2n) is 5.36. The third kappa shape index (κ3) is 6.44. The van der Waals surface area contributed by atoms with E-state index in [-0.39, 0.29) is 11.4 Å². The molecule has 1 aromatic heterocycles. The van der Waals surface area contributed by atoms with Gasteiger partial charge in [0.15, 0.2) is 0 Å². The van der Waals surface area contributed by atoms with Crippen LogP contribution in [0.1, 0.15) is 32.6 Å². The van der Waals surface area contributed by atoms with Crippen molar-refractivity contribution in [2.24, 2.45) is 0 Å². The third-order valence-electron chi connectivity index (χ3n) is 2.21. The molecule has 96 valence electrons. The molecule has 0 spiro atoms. The van der Waals surface area contributed by atoms with Gasteiger partial charge < -0.3 is 10.6 Å². The fourth-order valence-electron chi connectivity index (χ4n) is 1.53. The van der Waals surface area contributed by atoms with Crippen molar-refractivity contribution in [1.29, 1.82) is 0 Å². The molecule has 3 nitrogen and oxygen atoms in total. The van der Waals surface area contributed by atoms with E-state index in [4.69, 9.17) is 0 Å². The number of carbonyl (C=O) groups excluding carboxylic acids is 1. The summed E-state index contributed by atoms with van der Waals surface area (Å²) in [5.41, 5.74) is -0.157. The summed E-state index contributed by atoms with van der Waals surface area (Å²) in [7, 11) is 0. The highest BCUT2D eigenvalue weighted by Gasteiger charge is 2.14. The van der Waals surface area contributed by atoms with Gasteiger partial charge in [0.2, 0.25) is 5.91 Å². The SMILES string of the molecule is CC(Cc1cccs1)NCC(=O)NC(C)(C)C. The van der Waals surface area contributed by atoms with Gasteiger partial charge in [-0.3, -0.25) is 4.79 Å². The van der Waals surface area contributed by atoms with Gasteiger partial charge in [0, 0.05) is 16.5 Å². The number of thiophene rings is 1. The Hall–Kier alpha value is -0.870. The van der Waals surface area contributed by atoms with E-state index < -0.39 is 0 Å². The lowest BCUT2D eigenvalue weighted by molar-refractivity contribution is -0.121. The van der Waals surface area contributed by atoms with E-state index in [1.165, 1.54) is 4.88 Å². The van der Waals surface area contributed by atoms with E-state index in [0.29, 0.717) is 12.6 Å². The maximum Gasteiger partial charge on any atom is 0.234 e. The minimum absolute atomic E-state index is 0.0514. The molecule has 1 aromatic rings. The molecule has 1 heterocycles. The van der Waals surface area contributed by atoms with Crippen LogP contribution in [-0.4, -0.2) is 24.0 Å². The highest BCUT2D eigenvalue weighted by atomic mass is 32.1. The largest absolute Gasteiger partial charge is 0.350 e. The fraction of sp³-hybridized carbons (Fsp3) is 0.615. The first-order chi connectivity index (χ1) is 7.87. The molecule has 4 heteroatoms. The van der Waals surface area contributed by atoms with Crippen LogP contribution in [0.25, 0.3) is 0 Å². The molecule has 17 heavy (non-hydrogen) atoms. The first kappa shape index (κ1) is 14.2. The van der Waals surface area contributed by atoms with Crippen molar-refractivity contribution in [3.8, 4) is 0 Å². The van der Waals surface area contributed by atoms with Crippen LogP contribution in [0.5, 0.6) is 0 Å². The molecule has 0 radical (unpaired) electrons. The Labute approximate surface area is 108 Å². The van der Waals surface area contributed by atoms with Crippen molar-refractivity contribution in [3.63, 3.8) is 0 Å². The predicted molar refractivity (Wildman–Crippen MR) is 73.4 cm³/mol. The summed E-state index contributed by atoms with van der Waals surface area (Å²) < 4.78 is 0. The number of hydrogen-bond donors (Lipinski definition) is 2. The molecule has 1 unspecified atom stereocenters. The summed E-state index contributed by atoms with van der Waals surface area (Å²) in [5.74, 6) is 0.0514. The van der Waals surface area contributed by atoms with E-state index in [9.17, 15) is 4.79 Å². The molecular formula is C13H22N2OS. The molecule has 1 atom stereocenters. The maximum absolute atomic E-state index is 11.6.